The summed E-state index contributed by atoms with van der Waals surface area (Å²) in [5.74, 6) is -1.29. The van der Waals surface area contributed by atoms with Gasteiger partial charge in [-0.2, -0.15) is 0 Å². The van der Waals surface area contributed by atoms with E-state index in [1.165, 1.54) is 12.4 Å². The molecule has 5 nitrogen and oxygen atoms in total. The van der Waals surface area contributed by atoms with Crippen LogP contribution < -0.4 is 0 Å². The highest BCUT2D eigenvalue weighted by molar-refractivity contribution is 9.10. The lowest BCUT2D eigenvalue weighted by Crippen LogP contribution is -2.10. The molecule has 0 bridgehead atoms. The molecule has 78 valence electrons. The highest BCUT2D eigenvalue weighted by Gasteiger charge is 2.20. The third-order valence-electron chi connectivity index (χ3n) is 2.09. The van der Waals surface area contributed by atoms with Gasteiger partial charge in [0.05, 0.1) is 17.4 Å². The molecule has 0 saturated heterocycles. The van der Waals surface area contributed by atoms with E-state index in [1.807, 2.05) is 0 Å². The Hall–Kier alpha value is -1.40. The fourth-order valence-electron chi connectivity index (χ4n) is 1.37. The molecule has 0 radical (unpaired) electrons. The first-order valence-electron chi connectivity index (χ1n) is 4.13. The number of rotatable bonds is 2. The normalized spacial score (nSPS) is 12.9. The van der Waals surface area contributed by atoms with Crippen LogP contribution in [0.4, 0.5) is 0 Å². The van der Waals surface area contributed by atoms with Crippen LogP contribution >= 0.6 is 15.9 Å². The molecule has 0 aliphatic carbocycles. The van der Waals surface area contributed by atoms with Crippen molar-refractivity contribution in [2.45, 2.75) is 6.10 Å². The summed E-state index contributed by atoms with van der Waals surface area (Å²) in [5.41, 5.74) is 1.41. The fraction of sp³-hybridized carbons (Fsp3) is 0.111. The summed E-state index contributed by atoms with van der Waals surface area (Å²) in [6.45, 7) is 0. The van der Waals surface area contributed by atoms with Gasteiger partial charge < -0.3 is 15.2 Å². The van der Waals surface area contributed by atoms with Crippen LogP contribution in [0.2, 0.25) is 0 Å². The Morgan fingerprint density at radius 1 is 1.53 bits per heavy atom. The summed E-state index contributed by atoms with van der Waals surface area (Å²) in [7, 11) is 0. The molecule has 15 heavy (non-hydrogen) atoms. The van der Waals surface area contributed by atoms with E-state index in [0.717, 1.165) is 4.47 Å². The van der Waals surface area contributed by atoms with Crippen molar-refractivity contribution in [3.05, 3.63) is 28.5 Å². The van der Waals surface area contributed by atoms with Crippen LogP contribution in [0, 0.1) is 0 Å². The lowest BCUT2D eigenvalue weighted by Gasteiger charge is -2.06. The number of halogens is 1. The maximum absolute atomic E-state index is 10.7. The number of nitrogens with zero attached hydrogens (tertiary/aromatic N) is 1. The quantitative estimate of drug-likeness (QED) is 0.771. The molecule has 1 atom stereocenters. The fourth-order valence-corrected chi connectivity index (χ4v) is 1.81. The van der Waals surface area contributed by atoms with Crippen molar-refractivity contribution in [2.75, 3.05) is 0 Å². The molecule has 0 saturated carbocycles. The predicted octanol–water partition coefficient (Wildman–Crippen LogP) is 1.44. The van der Waals surface area contributed by atoms with E-state index in [-0.39, 0.29) is 5.56 Å². The van der Waals surface area contributed by atoms with Gasteiger partial charge in [-0.05, 0) is 22.0 Å². The van der Waals surface area contributed by atoms with Gasteiger partial charge in [-0.3, -0.25) is 0 Å². The summed E-state index contributed by atoms with van der Waals surface area (Å²) < 4.78 is 0.774. The number of carbonyl (C=O) groups is 1. The Bertz CT molecular complexity index is 523. The molecule has 3 N–H and O–H groups in total. The number of fused-ring (bicyclic) bond motifs is 1. The number of aliphatic hydroxyl groups excluding tert-OH is 1. The molecular formula is C9H7BrN2O3. The second-order valence-corrected chi connectivity index (χ2v) is 3.86. The zero-order chi connectivity index (χ0) is 11.0. The SMILES string of the molecule is O=C(O)C(O)c1ccc(Br)c2[nH]cnc12. The monoisotopic (exact) mass is 270 g/mol. The minimum absolute atomic E-state index is 0.280. The molecule has 0 aliphatic rings. The third-order valence-corrected chi connectivity index (χ3v) is 2.75. The topological polar surface area (TPSA) is 86.2 Å². The largest absolute Gasteiger partial charge is 0.479 e. The van der Waals surface area contributed by atoms with Crippen molar-refractivity contribution < 1.29 is 15.0 Å². The van der Waals surface area contributed by atoms with E-state index in [1.54, 1.807) is 6.07 Å². The van der Waals surface area contributed by atoms with E-state index in [2.05, 4.69) is 25.9 Å². The minimum atomic E-state index is -1.55. The van der Waals surface area contributed by atoms with Gasteiger partial charge in [0.1, 0.15) is 0 Å². The highest BCUT2D eigenvalue weighted by Crippen LogP contribution is 2.27. The minimum Gasteiger partial charge on any atom is -0.479 e. The molecule has 1 aromatic carbocycles. The maximum Gasteiger partial charge on any atom is 0.337 e. The highest BCUT2D eigenvalue weighted by atomic mass is 79.9. The molecule has 6 heteroatoms. The van der Waals surface area contributed by atoms with Gasteiger partial charge in [-0.25, -0.2) is 9.78 Å². The van der Waals surface area contributed by atoms with Crippen molar-refractivity contribution in [2.24, 2.45) is 0 Å². The summed E-state index contributed by atoms with van der Waals surface area (Å²) in [4.78, 5) is 17.5. The first-order chi connectivity index (χ1) is 7.11. The molecule has 2 rings (SSSR count). The first-order valence-corrected chi connectivity index (χ1v) is 4.93. The number of carboxylic acid groups (broad SMARTS) is 1. The number of H-pyrrole nitrogens is 1. The first kappa shape index (κ1) is 10.1. The van der Waals surface area contributed by atoms with E-state index < -0.39 is 12.1 Å². The van der Waals surface area contributed by atoms with Gasteiger partial charge in [-0.15, -0.1) is 0 Å². The second kappa shape index (κ2) is 3.63. The molecule has 1 unspecified atom stereocenters. The van der Waals surface area contributed by atoms with Crippen LogP contribution in [0.1, 0.15) is 11.7 Å². The zero-order valence-corrected chi connectivity index (χ0v) is 9.02. The van der Waals surface area contributed by atoms with Crippen molar-refractivity contribution in [1.29, 1.82) is 0 Å². The number of aliphatic hydroxyl groups is 1. The Morgan fingerprint density at radius 2 is 2.27 bits per heavy atom. The lowest BCUT2D eigenvalue weighted by molar-refractivity contribution is -0.146. The summed E-state index contributed by atoms with van der Waals surface area (Å²) in [6.07, 6.45) is -0.100. The second-order valence-electron chi connectivity index (χ2n) is 3.00. The van der Waals surface area contributed by atoms with E-state index in [0.29, 0.717) is 11.0 Å². The van der Waals surface area contributed by atoms with Crippen molar-refractivity contribution >= 4 is 32.9 Å². The van der Waals surface area contributed by atoms with Crippen molar-refractivity contribution in [1.82, 2.24) is 9.97 Å². The number of benzene rings is 1. The van der Waals surface area contributed by atoms with Crippen molar-refractivity contribution in [3.8, 4) is 0 Å². The number of nitrogens with one attached hydrogen (secondary N) is 1. The smallest absolute Gasteiger partial charge is 0.337 e. The standard InChI is InChI=1S/C9H7BrN2O3/c10-5-2-1-4(8(13)9(14)15)6-7(5)12-3-11-6/h1-3,8,13H,(H,11,12)(H,14,15). The molecule has 1 aromatic heterocycles. The van der Waals surface area contributed by atoms with E-state index in [9.17, 15) is 9.90 Å². The van der Waals surface area contributed by atoms with Crippen molar-refractivity contribution in [3.63, 3.8) is 0 Å². The van der Waals surface area contributed by atoms with Crippen LogP contribution in [-0.2, 0) is 4.79 Å². The number of aromatic nitrogens is 2. The summed E-state index contributed by atoms with van der Waals surface area (Å²) in [6, 6.07) is 3.20. The number of hydrogen-bond donors (Lipinski definition) is 3. The zero-order valence-electron chi connectivity index (χ0n) is 7.44. The number of hydrogen-bond acceptors (Lipinski definition) is 3. The van der Waals surface area contributed by atoms with Gasteiger partial charge in [0.2, 0.25) is 0 Å². The van der Waals surface area contributed by atoms with Crippen LogP contribution in [0.5, 0.6) is 0 Å². The molecule has 2 aromatic rings. The van der Waals surface area contributed by atoms with Gasteiger partial charge in [-0.1, -0.05) is 6.07 Å². The van der Waals surface area contributed by atoms with Gasteiger partial charge in [0, 0.05) is 10.0 Å². The van der Waals surface area contributed by atoms with Gasteiger partial charge in [0.15, 0.2) is 6.10 Å². The Morgan fingerprint density at radius 3 is 2.93 bits per heavy atom. The maximum atomic E-state index is 10.7. The van der Waals surface area contributed by atoms with Gasteiger partial charge >= 0.3 is 5.97 Å². The molecule has 0 fully saturated rings. The Kier molecular flexibility index (Phi) is 2.45. The van der Waals surface area contributed by atoms with E-state index in [4.69, 9.17) is 5.11 Å². The van der Waals surface area contributed by atoms with Crippen LogP contribution in [0.3, 0.4) is 0 Å². The molecular weight excluding hydrogens is 264 g/mol. The number of aromatic amines is 1. The lowest BCUT2D eigenvalue weighted by atomic mass is 10.1. The average molecular weight is 271 g/mol. The number of carboxylic acids is 1. The van der Waals surface area contributed by atoms with Crippen LogP contribution in [-0.4, -0.2) is 26.2 Å². The average Bonchev–Trinajstić information content (AvgIpc) is 2.66. The number of aliphatic carboxylic acids is 1. The van der Waals surface area contributed by atoms with Crippen LogP contribution in [0.25, 0.3) is 11.0 Å². The third kappa shape index (κ3) is 1.62. The molecule has 0 amide bonds. The Balaban J connectivity index is 2.67. The van der Waals surface area contributed by atoms with E-state index >= 15 is 0 Å². The number of imidazole rings is 1. The summed E-state index contributed by atoms with van der Waals surface area (Å²) in [5, 5.41) is 18.1. The van der Waals surface area contributed by atoms with Crippen LogP contribution in [0.15, 0.2) is 22.9 Å². The van der Waals surface area contributed by atoms with Gasteiger partial charge in [0.25, 0.3) is 0 Å². The molecule has 0 aliphatic heterocycles. The Labute approximate surface area is 92.9 Å². The predicted molar refractivity (Wildman–Crippen MR) is 56.4 cm³/mol. The molecule has 0 spiro atoms. The molecule has 1 heterocycles. The summed E-state index contributed by atoms with van der Waals surface area (Å²) >= 11 is 3.30.